The van der Waals surface area contributed by atoms with Crippen molar-refractivity contribution in [1.29, 1.82) is 0 Å². The summed E-state index contributed by atoms with van der Waals surface area (Å²) in [6.45, 7) is 6.82. The molecule has 8 rings (SSSR count). The molecule has 2 saturated heterocycles. The molecule has 0 aliphatic carbocycles. The van der Waals surface area contributed by atoms with E-state index < -0.39 is 17.7 Å². The minimum atomic E-state index is -4.39. The maximum Gasteiger partial charge on any atom is 0.416 e. The van der Waals surface area contributed by atoms with Gasteiger partial charge in [0.2, 0.25) is 11.8 Å². The van der Waals surface area contributed by atoms with Gasteiger partial charge in [-0.05, 0) is 91.9 Å². The predicted molar refractivity (Wildman–Crippen MR) is 222 cm³/mol. The number of halogens is 3. The maximum atomic E-state index is 13.3. The molecule has 0 spiro atoms. The predicted octanol–water partition coefficient (Wildman–Crippen LogP) is 7.47. The summed E-state index contributed by atoms with van der Waals surface area (Å²) in [4.78, 5) is 41.3. The number of piperidine rings is 1. The molecule has 6 aromatic rings. The van der Waals surface area contributed by atoms with Crippen molar-refractivity contribution in [3.05, 3.63) is 113 Å². The normalized spacial score (nSPS) is 16.4. The molecule has 0 saturated carbocycles. The smallest absolute Gasteiger partial charge is 0.416 e. The molecule has 4 aromatic carbocycles. The Labute approximate surface area is 345 Å². The second-order valence-electron chi connectivity index (χ2n) is 15.6. The van der Waals surface area contributed by atoms with Gasteiger partial charge in [0.15, 0.2) is 6.61 Å². The molecule has 0 bridgehead atoms. The summed E-state index contributed by atoms with van der Waals surface area (Å²) < 4.78 is 55.7. The minimum Gasteiger partial charge on any atom is -0.494 e. The molecule has 1 unspecified atom stereocenters. The van der Waals surface area contributed by atoms with E-state index in [4.69, 9.17) is 9.47 Å². The molecule has 4 heterocycles. The fourth-order valence-corrected chi connectivity index (χ4v) is 8.36. The van der Waals surface area contributed by atoms with Crippen molar-refractivity contribution in [2.24, 2.45) is 7.05 Å². The van der Waals surface area contributed by atoms with Crippen LogP contribution in [0.15, 0.2) is 91.0 Å². The number of alkyl halides is 3. The van der Waals surface area contributed by atoms with Gasteiger partial charge in [-0.3, -0.25) is 29.3 Å². The van der Waals surface area contributed by atoms with Gasteiger partial charge in [-0.2, -0.15) is 18.3 Å². The number of carbonyl (C=O) groups is 3. The summed E-state index contributed by atoms with van der Waals surface area (Å²) in [6.07, 6.45) is -1.85. The molecule has 2 aliphatic rings. The number of rotatable bonds is 13. The Morgan fingerprint density at radius 2 is 1.58 bits per heavy atom. The van der Waals surface area contributed by atoms with Gasteiger partial charge in [0.25, 0.3) is 5.91 Å². The zero-order valence-corrected chi connectivity index (χ0v) is 33.6. The molecule has 0 radical (unpaired) electrons. The van der Waals surface area contributed by atoms with E-state index in [1.165, 1.54) is 0 Å². The number of fused-ring (bicyclic) bond motifs is 2. The number of hydrogen-bond acceptors (Lipinski definition) is 7. The Bertz CT molecular complexity index is 2520. The average Bonchev–Trinajstić information content (AvgIpc) is 3.72. The van der Waals surface area contributed by atoms with E-state index in [2.05, 4.69) is 19.9 Å². The summed E-state index contributed by atoms with van der Waals surface area (Å²) in [6, 6.07) is 26.8. The van der Waals surface area contributed by atoms with Crippen molar-refractivity contribution < 1.29 is 37.0 Å². The number of nitrogens with zero attached hydrogens (tertiary/aromatic N) is 5. The lowest BCUT2D eigenvalue weighted by atomic mass is 9.93. The molecule has 312 valence electrons. The maximum absolute atomic E-state index is 13.3. The number of unbranched alkanes of at least 4 members (excludes halogenated alkanes) is 1. The van der Waals surface area contributed by atoms with Crippen LogP contribution in [0.2, 0.25) is 0 Å². The minimum absolute atomic E-state index is 0.0696. The highest BCUT2D eigenvalue weighted by atomic mass is 19.4. The second-order valence-corrected chi connectivity index (χ2v) is 15.6. The van der Waals surface area contributed by atoms with Gasteiger partial charge in [0.05, 0.1) is 35.0 Å². The van der Waals surface area contributed by atoms with Crippen LogP contribution in [0, 0.1) is 6.92 Å². The molecular weight excluding hydrogens is 774 g/mol. The van der Waals surface area contributed by atoms with Crippen LogP contribution in [-0.4, -0.2) is 87.8 Å². The topological polar surface area (TPSA) is 111 Å². The van der Waals surface area contributed by atoms with E-state index in [0.717, 1.165) is 94.5 Å². The number of ether oxygens (including phenoxy) is 2. The monoisotopic (exact) mass is 820 g/mol. The fourth-order valence-electron chi connectivity index (χ4n) is 8.36. The lowest BCUT2D eigenvalue weighted by Gasteiger charge is -2.34. The first-order valence-electron chi connectivity index (χ1n) is 20.3. The van der Waals surface area contributed by atoms with E-state index in [1.54, 1.807) is 29.9 Å². The van der Waals surface area contributed by atoms with Gasteiger partial charge >= 0.3 is 6.18 Å². The average molecular weight is 821 g/mol. The van der Waals surface area contributed by atoms with E-state index >= 15 is 0 Å². The third-order valence-corrected chi connectivity index (χ3v) is 11.6. The van der Waals surface area contributed by atoms with Crippen molar-refractivity contribution in [3.63, 3.8) is 0 Å². The summed E-state index contributed by atoms with van der Waals surface area (Å²) >= 11 is 0. The van der Waals surface area contributed by atoms with Gasteiger partial charge in [-0.1, -0.05) is 42.5 Å². The lowest BCUT2D eigenvalue weighted by Crippen LogP contribution is -2.50. The Balaban J connectivity index is 0.767. The number of nitrogens with one attached hydrogen (secondary N) is 1. The quantitative estimate of drug-likeness (QED) is 0.0951. The largest absolute Gasteiger partial charge is 0.494 e. The number of carbonyl (C=O) groups excluding carboxylic acids is 3. The highest BCUT2D eigenvalue weighted by Crippen LogP contribution is 2.37. The number of hydrogen-bond donors (Lipinski definition) is 1. The first-order valence-corrected chi connectivity index (χ1v) is 20.3. The molecule has 2 aliphatic heterocycles. The van der Waals surface area contributed by atoms with Crippen LogP contribution in [0.25, 0.3) is 33.1 Å². The van der Waals surface area contributed by atoms with E-state index in [1.807, 2.05) is 72.5 Å². The SMILES string of the molecule is Cc1c(-c2ccc(C(F)(F)F)cc2)n(Cc2ccc(OCCCCN3CCN(C(=O)COc4ccc5c(C6CCC(=O)NC6=O)nn(C)c5c4)CC3)cc2)c2ccccc12. The van der Waals surface area contributed by atoms with E-state index in [-0.39, 0.29) is 30.7 Å². The van der Waals surface area contributed by atoms with Crippen LogP contribution < -0.4 is 14.8 Å². The third kappa shape index (κ3) is 8.74. The van der Waals surface area contributed by atoms with Gasteiger partial charge in [0.1, 0.15) is 11.5 Å². The van der Waals surface area contributed by atoms with E-state index in [9.17, 15) is 27.6 Å². The second kappa shape index (κ2) is 17.2. The summed E-state index contributed by atoms with van der Waals surface area (Å²) in [7, 11) is 1.79. The first kappa shape index (κ1) is 40.6. The Kier molecular flexibility index (Phi) is 11.7. The zero-order valence-electron chi connectivity index (χ0n) is 33.6. The van der Waals surface area contributed by atoms with Crippen molar-refractivity contribution in [2.45, 2.75) is 51.2 Å². The van der Waals surface area contributed by atoms with Crippen LogP contribution in [0.5, 0.6) is 11.5 Å². The number of amides is 3. The molecule has 11 nitrogen and oxygen atoms in total. The van der Waals surface area contributed by atoms with Crippen molar-refractivity contribution in [2.75, 3.05) is 45.9 Å². The van der Waals surface area contributed by atoms with Crippen LogP contribution in [0.4, 0.5) is 13.2 Å². The van der Waals surface area contributed by atoms with Crippen molar-refractivity contribution in [1.82, 2.24) is 29.5 Å². The highest BCUT2D eigenvalue weighted by Gasteiger charge is 2.32. The number of para-hydroxylation sites is 1. The highest BCUT2D eigenvalue weighted by molar-refractivity contribution is 6.02. The summed E-state index contributed by atoms with van der Waals surface area (Å²) in [5.41, 5.74) is 5.47. The molecule has 2 aromatic heterocycles. The molecule has 14 heteroatoms. The zero-order chi connectivity index (χ0) is 42.0. The van der Waals surface area contributed by atoms with Gasteiger partial charge in [-0.25, -0.2) is 0 Å². The number of imide groups is 1. The number of aryl methyl sites for hydroxylation is 2. The molecule has 1 N–H and O–H groups in total. The number of benzene rings is 4. The first-order chi connectivity index (χ1) is 28.9. The molecule has 1 atom stereocenters. The van der Waals surface area contributed by atoms with Gasteiger partial charge in [-0.15, -0.1) is 0 Å². The lowest BCUT2D eigenvalue weighted by molar-refractivity contribution is -0.138. The summed E-state index contributed by atoms with van der Waals surface area (Å²) in [5.74, 6) is 0.163. The molecule has 3 amide bonds. The third-order valence-electron chi connectivity index (χ3n) is 11.6. The molecular formula is C46H47F3N6O5. The number of aromatic nitrogens is 3. The fraction of sp³-hybridized carbons (Fsp3) is 0.348. The van der Waals surface area contributed by atoms with E-state index in [0.29, 0.717) is 44.1 Å². The van der Waals surface area contributed by atoms with Crippen LogP contribution in [0.3, 0.4) is 0 Å². The van der Waals surface area contributed by atoms with Crippen LogP contribution in [0.1, 0.15) is 54.0 Å². The van der Waals surface area contributed by atoms with Crippen molar-refractivity contribution in [3.8, 4) is 22.8 Å². The number of piperazine rings is 1. The Hall–Kier alpha value is -6.15. The van der Waals surface area contributed by atoms with Crippen molar-refractivity contribution >= 4 is 39.5 Å². The van der Waals surface area contributed by atoms with Gasteiger partial charge in [0, 0.05) is 68.5 Å². The Morgan fingerprint density at radius 1 is 0.850 bits per heavy atom. The van der Waals surface area contributed by atoms with Crippen LogP contribution >= 0.6 is 0 Å². The van der Waals surface area contributed by atoms with Crippen LogP contribution in [-0.2, 0) is 34.2 Å². The summed E-state index contributed by atoms with van der Waals surface area (Å²) in [5, 5.41) is 8.85. The van der Waals surface area contributed by atoms with Gasteiger partial charge < -0.3 is 18.9 Å². The molecule has 2 fully saturated rings. The standard InChI is InChI=1S/C46H47F3N6O5/c1-30-36-7-3-4-8-39(36)55(44(30)32-11-13-33(14-12-32)46(47,48)49)28-31-9-15-34(16-10-31)59-26-6-5-21-53-22-24-54(25-23-53)42(57)29-60-35-17-18-37-40(27-35)52(2)51-43(37)38-19-20-41(56)50-45(38)58/h3-4,7-18,27,38H,5-6,19-26,28-29H2,1-2H3,(H,50,56,58). The molecule has 60 heavy (non-hydrogen) atoms. The Morgan fingerprint density at radius 3 is 2.32 bits per heavy atom.